The van der Waals surface area contributed by atoms with E-state index in [2.05, 4.69) is 10.6 Å². The van der Waals surface area contributed by atoms with E-state index in [9.17, 15) is 14.4 Å². The minimum atomic E-state index is -0.448. The highest BCUT2D eigenvalue weighted by atomic mass is 32.2. The maximum absolute atomic E-state index is 11.7. The average molecular weight is 278 g/mol. The molecule has 0 bridgehead atoms. The largest absolute Gasteiger partial charge is 0.325 e. The van der Waals surface area contributed by atoms with Crippen molar-refractivity contribution in [3.63, 3.8) is 0 Å². The van der Waals surface area contributed by atoms with E-state index in [0.29, 0.717) is 0 Å². The van der Waals surface area contributed by atoms with Crippen LogP contribution in [0.5, 0.6) is 0 Å². The number of aryl methyl sites for hydroxylation is 1. The standard InChI is InChI=1S/C13H14N2O3S/c1-8-3-2-4-9(5-8)14-12(17)7-19-10-6-11(16)15-13(10)18/h2-5,10H,6-7H2,1H3,(H,14,17)(H,15,16,18). The summed E-state index contributed by atoms with van der Waals surface area (Å²) < 4.78 is 0. The van der Waals surface area contributed by atoms with E-state index >= 15 is 0 Å². The molecule has 100 valence electrons. The van der Waals surface area contributed by atoms with Gasteiger partial charge in [-0.2, -0.15) is 0 Å². The lowest BCUT2D eigenvalue weighted by atomic mass is 10.2. The summed E-state index contributed by atoms with van der Waals surface area (Å²) in [4.78, 5) is 34.0. The Bertz CT molecular complexity index is 530. The van der Waals surface area contributed by atoms with Crippen LogP contribution in [0.3, 0.4) is 0 Å². The lowest BCUT2D eigenvalue weighted by Gasteiger charge is -2.07. The minimum Gasteiger partial charge on any atom is -0.325 e. The SMILES string of the molecule is Cc1cccc(NC(=O)CSC2CC(=O)NC2=O)c1. The molecule has 5 nitrogen and oxygen atoms in total. The number of carbonyl (C=O) groups excluding carboxylic acids is 3. The van der Waals surface area contributed by atoms with Gasteiger partial charge in [-0.15, -0.1) is 11.8 Å². The van der Waals surface area contributed by atoms with E-state index in [1.54, 1.807) is 6.07 Å². The fourth-order valence-electron chi connectivity index (χ4n) is 1.76. The quantitative estimate of drug-likeness (QED) is 0.808. The third kappa shape index (κ3) is 3.82. The number of imide groups is 1. The Morgan fingerprint density at radius 3 is 2.89 bits per heavy atom. The van der Waals surface area contributed by atoms with Crippen LogP contribution in [-0.4, -0.2) is 28.7 Å². The van der Waals surface area contributed by atoms with Crippen LogP contribution in [0.1, 0.15) is 12.0 Å². The first kappa shape index (κ1) is 13.6. The van der Waals surface area contributed by atoms with Crippen molar-refractivity contribution in [2.45, 2.75) is 18.6 Å². The van der Waals surface area contributed by atoms with Crippen molar-refractivity contribution in [1.82, 2.24) is 5.32 Å². The maximum atomic E-state index is 11.7. The molecule has 1 atom stereocenters. The predicted octanol–water partition coefficient (Wildman–Crippen LogP) is 1.08. The number of rotatable bonds is 4. The number of nitrogens with one attached hydrogen (secondary N) is 2. The number of anilines is 1. The number of hydrogen-bond acceptors (Lipinski definition) is 4. The van der Waals surface area contributed by atoms with E-state index in [-0.39, 0.29) is 29.9 Å². The maximum Gasteiger partial charge on any atom is 0.240 e. The highest BCUT2D eigenvalue weighted by Crippen LogP contribution is 2.19. The molecule has 6 heteroatoms. The first-order valence-corrected chi connectivity index (χ1v) is 6.91. The minimum absolute atomic E-state index is 0.152. The molecule has 1 aliphatic heterocycles. The van der Waals surface area contributed by atoms with Crippen molar-refractivity contribution in [1.29, 1.82) is 0 Å². The summed E-state index contributed by atoms with van der Waals surface area (Å²) in [5.74, 6) is -0.609. The number of carbonyl (C=O) groups is 3. The van der Waals surface area contributed by atoms with E-state index in [1.807, 2.05) is 25.1 Å². The second-order valence-electron chi connectivity index (χ2n) is 4.33. The summed E-state index contributed by atoms with van der Waals surface area (Å²) in [6.07, 6.45) is 0.154. The van der Waals surface area contributed by atoms with Crippen LogP contribution in [0.15, 0.2) is 24.3 Å². The molecule has 1 saturated heterocycles. The highest BCUT2D eigenvalue weighted by molar-refractivity contribution is 8.01. The van der Waals surface area contributed by atoms with Crippen molar-refractivity contribution >= 4 is 35.2 Å². The van der Waals surface area contributed by atoms with Crippen molar-refractivity contribution in [2.75, 3.05) is 11.1 Å². The number of amides is 3. The van der Waals surface area contributed by atoms with E-state index in [4.69, 9.17) is 0 Å². The summed E-state index contributed by atoms with van der Waals surface area (Å²) >= 11 is 1.18. The van der Waals surface area contributed by atoms with Gasteiger partial charge in [-0.05, 0) is 24.6 Å². The molecule has 19 heavy (non-hydrogen) atoms. The Hall–Kier alpha value is -1.82. The molecule has 0 saturated carbocycles. The molecule has 1 fully saturated rings. The summed E-state index contributed by atoms with van der Waals surface area (Å²) in [6.45, 7) is 1.94. The number of thioether (sulfide) groups is 1. The molecular formula is C13H14N2O3S. The van der Waals surface area contributed by atoms with Gasteiger partial charge in [0.15, 0.2) is 0 Å². The molecule has 0 spiro atoms. The van der Waals surface area contributed by atoms with Gasteiger partial charge in [0, 0.05) is 12.1 Å². The van der Waals surface area contributed by atoms with Gasteiger partial charge in [0.2, 0.25) is 17.7 Å². The lowest BCUT2D eigenvalue weighted by molar-refractivity contribution is -0.124. The second kappa shape index (κ2) is 5.88. The molecule has 2 N–H and O–H groups in total. The highest BCUT2D eigenvalue weighted by Gasteiger charge is 2.31. The monoisotopic (exact) mass is 278 g/mol. The van der Waals surface area contributed by atoms with Gasteiger partial charge < -0.3 is 5.32 Å². The van der Waals surface area contributed by atoms with Crippen LogP contribution in [0.25, 0.3) is 0 Å². The van der Waals surface area contributed by atoms with Crippen molar-refractivity contribution in [2.24, 2.45) is 0 Å². The summed E-state index contributed by atoms with van der Waals surface area (Å²) in [6, 6.07) is 7.48. The van der Waals surface area contributed by atoms with Crippen LogP contribution < -0.4 is 10.6 Å². The Labute approximate surface area is 115 Å². The van der Waals surface area contributed by atoms with Gasteiger partial charge in [0.05, 0.1) is 11.0 Å². The zero-order valence-corrected chi connectivity index (χ0v) is 11.3. The van der Waals surface area contributed by atoms with E-state index < -0.39 is 5.25 Å². The molecule has 1 aromatic carbocycles. The van der Waals surface area contributed by atoms with E-state index in [0.717, 1.165) is 11.3 Å². The Kier molecular flexibility index (Phi) is 4.21. The molecule has 2 rings (SSSR count). The molecule has 3 amide bonds. The molecule has 0 radical (unpaired) electrons. The number of benzene rings is 1. The van der Waals surface area contributed by atoms with Gasteiger partial charge in [-0.1, -0.05) is 12.1 Å². The molecule has 1 aliphatic rings. The number of hydrogen-bond donors (Lipinski definition) is 2. The van der Waals surface area contributed by atoms with Crippen LogP contribution >= 0.6 is 11.8 Å². The first-order valence-electron chi connectivity index (χ1n) is 5.86. The van der Waals surface area contributed by atoms with Crippen molar-refractivity contribution < 1.29 is 14.4 Å². The van der Waals surface area contributed by atoms with Gasteiger partial charge in [0.25, 0.3) is 0 Å². The Balaban J connectivity index is 1.82. The lowest BCUT2D eigenvalue weighted by Crippen LogP contribution is -2.24. The topological polar surface area (TPSA) is 75.3 Å². The van der Waals surface area contributed by atoms with Crippen molar-refractivity contribution in [3.05, 3.63) is 29.8 Å². The van der Waals surface area contributed by atoms with Crippen LogP contribution in [0.4, 0.5) is 5.69 Å². The molecule has 1 aromatic rings. The molecule has 0 aromatic heterocycles. The Morgan fingerprint density at radius 2 is 2.26 bits per heavy atom. The average Bonchev–Trinajstić information content (AvgIpc) is 2.65. The fraction of sp³-hybridized carbons (Fsp3) is 0.308. The van der Waals surface area contributed by atoms with Crippen LogP contribution in [-0.2, 0) is 14.4 Å². The van der Waals surface area contributed by atoms with E-state index in [1.165, 1.54) is 11.8 Å². The zero-order valence-electron chi connectivity index (χ0n) is 10.4. The third-order valence-electron chi connectivity index (χ3n) is 2.64. The van der Waals surface area contributed by atoms with Gasteiger partial charge in [-0.3, -0.25) is 19.7 Å². The zero-order chi connectivity index (χ0) is 13.8. The fourth-order valence-corrected chi connectivity index (χ4v) is 2.67. The summed E-state index contributed by atoms with van der Waals surface area (Å²) in [5.41, 5.74) is 1.80. The smallest absolute Gasteiger partial charge is 0.240 e. The molecular weight excluding hydrogens is 264 g/mol. The van der Waals surface area contributed by atoms with Crippen LogP contribution in [0, 0.1) is 6.92 Å². The third-order valence-corrected chi connectivity index (χ3v) is 3.86. The van der Waals surface area contributed by atoms with Crippen LogP contribution in [0.2, 0.25) is 0 Å². The second-order valence-corrected chi connectivity index (χ2v) is 5.52. The van der Waals surface area contributed by atoms with Gasteiger partial charge >= 0.3 is 0 Å². The Morgan fingerprint density at radius 1 is 1.47 bits per heavy atom. The summed E-state index contributed by atoms with van der Waals surface area (Å²) in [5, 5.41) is 4.53. The van der Waals surface area contributed by atoms with Crippen molar-refractivity contribution in [3.8, 4) is 0 Å². The first-order chi connectivity index (χ1) is 9.04. The molecule has 1 unspecified atom stereocenters. The van der Waals surface area contributed by atoms with Gasteiger partial charge in [-0.25, -0.2) is 0 Å². The predicted molar refractivity (Wildman–Crippen MR) is 73.8 cm³/mol. The normalized spacial score (nSPS) is 18.3. The molecule has 1 heterocycles. The van der Waals surface area contributed by atoms with Gasteiger partial charge in [0.1, 0.15) is 0 Å². The molecule has 0 aliphatic carbocycles. The summed E-state index contributed by atoms with van der Waals surface area (Å²) in [7, 11) is 0.